The van der Waals surface area contributed by atoms with E-state index in [1.807, 2.05) is 25.1 Å². The third-order valence-electron chi connectivity index (χ3n) is 3.92. The molecule has 2 atom stereocenters. The molecular weight excluding hydrogens is 336 g/mol. The predicted octanol–water partition coefficient (Wildman–Crippen LogP) is 3.15. The number of amides is 2. The molecule has 0 fully saturated rings. The lowest BCUT2D eigenvalue weighted by atomic mass is 10.1. The minimum Gasteiger partial charge on any atom is -0.493 e. The van der Waals surface area contributed by atoms with E-state index in [2.05, 4.69) is 19.2 Å². The highest BCUT2D eigenvalue weighted by atomic mass is 16.5. The van der Waals surface area contributed by atoms with Crippen molar-refractivity contribution in [2.75, 3.05) is 27.3 Å². The van der Waals surface area contributed by atoms with Crippen molar-refractivity contribution in [3.8, 4) is 11.5 Å². The van der Waals surface area contributed by atoms with Crippen LogP contribution in [0.2, 0.25) is 0 Å². The van der Waals surface area contributed by atoms with Crippen LogP contribution in [0.15, 0.2) is 18.2 Å². The van der Waals surface area contributed by atoms with Crippen LogP contribution in [0.25, 0.3) is 0 Å². The minimum absolute atomic E-state index is 0.138. The summed E-state index contributed by atoms with van der Waals surface area (Å²) >= 11 is 0. The molecule has 2 unspecified atom stereocenters. The smallest absolute Gasteiger partial charge is 0.317 e. The van der Waals surface area contributed by atoms with Crippen molar-refractivity contribution in [1.29, 1.82) is 0 Å². The fourth-order valence-electron chi connectivity index (χ4n) is 2.28. The second kappa shape index (κ2) is 9.89. The highest BCUT2D eigenvalue weighted by Gasteiger charge is 2.19. The largest absolute Gasteiger partial charge is 0.493 e. The number of benzene rings is 1. The Balaban J connectivity index is 2.75. The maximum Gasteiger partial charge on any atom is 0.317 e. The van der Waals surface area contributed by atoms with Crippen LogP contribution < -0.4 is 14.8 Å². The van der Waals surface area contributed by atoms with Gasteiger partial charge in [-0.05, 0) is 30.5 Å². The molecule has 0 bridgehead atoms. The first-order chi connectivity index (χ1) is 12.1. The molecule has 0 aliphatic rings. The van der Waals surface area contributed by atoms with Crippen LogP contribution >= 0.6 is 0 Å². The van der Waals surface area contributed by atoms with Crippen LogP contribution in [0.3, 0.4) is 0 Å². The van der Waals surface area contributed by atoms with Crippen LogP contribution in [0.4, 0.5) is 4.79 Å². The number of methoxy groups -OCH3 is 1. The molecule has 0 saturated heterocycles. The molecule has 0 spiro atoms. The first kappa shape index (κ1) is 21.6. The Hall–Kier alpha value is -2.44. The second-order valence-electron chi connectivity index (χ2n) is 6.91. The Bertz CT molecular complexity index is 618. The van der Waals surface area contributed by atoms with E-state index in [1.54, 1.807) is 21.1 Å². The molecule has 1 aromatic carbocycles. The number of nitrogens with one attached hydrogen (secondary N) is 1. The van der Waals surface area contributed by atoms with E-state index in [0.29, 0.717) is 24.0 Å². The van der Waals surface area contributed by atoms with Gasteiger partial charge in [-0.2, -0.15) is 0 Å². The quantitative estimate of drug-likeness (QED) is 0.701. The third-order valence-corrected chi connectivity index (χ3v) is 3.92. The number of aliphatic carboxylic acids is 1. The summed E-state index contributed by atoms with van der Waals surface area (Å²) in [5.41, 5.74) is 0.867. The molecule has 2 amide bonds. The summed E-state index contributed by atoms with van der Waals surface area (Å²) in [6.07, 6.45) is 0. The summed E-state index contributed by atoms with van der Waals surface area (Å²) < 4.78 is 11.1. The van der Waals surface area contributed by atoms with Crippen LogP contribution in [-0.2, 0) is 4.79 Å². The van der Waals surface area contributed by atoms with Crippen LogP contribution in [0, 0.1) is 11.8 Å². The molecule has 1 rings (SSSR count). The molecule has 1 aromatic rings. The van der Waals surface area contributed by atoms with Gasteiger partial charge in [0.15, 0.2) is 11.5 Å². The van der Waals surface area contributed by atoms with Gasteiger partial charge in [0.1, 0.15) is 0 Å². The molecule has 146 valence electrons. The lowest BCUT2D eigenvalue weighted by molar-refractivity contribution is -0.141. The molecule has 0 aromatic heterocycles. The molecule has 0 radical (unpaired) electrons. The second-order valence-corrected chi connectivity index (χ2v) is 6.91. The summed E-state index contributed by atoms with van der Waals surface area (Å²) in [7, 11) is 3.15. The van der Waals surface area contributed by atoms with Crippen molar-refractivity contribution in [3.63, 3.8) is 0 Å². The van der Waals surface area contributed by atoms with Gasteiger partial charge in [0.2, 0.25) is 0 Å². The van der Waals surface area contributed by atoms with E-state index in [1.165, 1.54) is 4.90 Å². The van der Waals surface area contributed by atoms with Gasteiger partial charge in [-0.15, -0.1) is 0 Å². The first-order valence-electron chi connectivity index (χ1n) is 8.70. The highest BCUT2D eigenvalue weighted by Crippen LogP contribution is 2.30. The number of rotatable bonds is 9. The molecule has 7 nitrogen and oxygen atoms in total. The predicted molar refractivity (Wildman–Crippen MR) is 99.7 cm³/mol. The molecule has 7 heteroatoms. The normalized spacial score (nSPS) is 13.0. The lowest BCUT2D eigenvalue weighted by Gasteiger charge is -2.23. The van der Waals surface area contributed by atoms with Gasteiger partial charge in [0.05, 0.1) is 25.7 Å². The van der Waals surface area contributed by atoms with E-state index < -0.39 is 11.9 Å². The van der Waals surface area contributed by atoms with Gasteiger partial charge in [-0.1, -0.05) is 26.8 Å². The van der Waals surface area contributed by atoms with E-state index in [0.717, 1.165) is 5.56 Å². The lowest BCUT2D eigenvalue weighted by Crippen LogP contribution is -2.41. The maximum absolute atomic E-state index is 12.2. The number of carbonyl (C=O) groups is 2. The zero-order valence-electron chi connectivity index (χ0n) is 16.4. The molecule has 26 heavy (non-hydrogen) atoms. The van der Waals surface area contributed by atoms with Crippen molar-refractivity contribution in [2.45, 2.75) is 33.7 Å². The molecule has 2 N–H and O–H groups in total. The summed E-state index contributed by atoms with van der Waals surface area (Å²) in [6.45, 7) is 8.29. The van der Waals surface area contributed by atoms with E-state index in [4.69, 9.17) is 14.6 Å². The zero-order valence-corrected chi connectivity index (χ0v) is 16.4. The third kappa shape index (κ3) is 6.46. The number of hydrogen-bond donors (Lipinski definition) is 2. The van der Waals surface area contributed by atoms with Gasteiger partial charge >= 0.3 is 12.0 Å². The van der Waals surface area contributed by atoms with Gasteiger partial charge in [-0.25, -0.2) is 4.79 Å². The summed E-state index contributed by atoms with van der Waals surface area (Å²) in [6, 6.07) is 4.95. The Morgan fingerprint density at radius 2 is 1.85 bits per heavy atom. The van der Waals surface area contributed by atoms with E-state index in [9.17, 15) is 9.59 Å². The number of carboxylic acids is 1. The number of ether oxygens (including phenoxy) is 2. The van der Waals surface area contributed by atoms with E-state index >= 15 is 0 Å². The Morgan fingerprint density at radius 1 is 1.19 bits per heavy atom. The van der Waals surface area contributed by atoms with Gasteiger partial charge in [0, 0.05) is 13.6 Å². The standard InChI is InChI=1S/C19H30N2O5/c1-12(2)11-26-16-8-7-15(9-17(16)25-6)14(4)20-19(24)21(5)10-13(3)18(22)23/h7-9,12-14H,10-11H2,1-6H3,(H,20,24)(H,22,23). The number of carbonyl (C=O) groups excluding carboxylic acids is 1. The molecule has 0 aliphatic carbocycles. The fourth-order valence-corrected chi connectivity index (χ4v) is 2.28. The minimum atomic E-state index is -0.931. The fraction of sp³-hybridized carbons (Fsp3) is 0.579. The molecule has 0 saturated carbocycles. The number of carboxylic acid groups (broad SMARTS) is 1. The van der Waals surface area contributed by atoms with Crippen molar-refractivity contribution < 1.29 is 24.2 Å². The Labute approximate surface area is 155 Å². The Morgan fingerprint density at radius 3 is 2.38 bits per heavy atom. The summed E-state index contributed by atoms with van der Waals surface area (Å²) in [5, 5.41) is 11.8. The van der Waals surface area contributed by atoms with Crippen molar-refractivity contribution >= 4 is 12.0 Å². The zero-order chi connectivity index (χ0) is 19.9. The number of urea groups is 1. The molecule has 0 aliphatic heterocycles. The van der Waals surface area contributed by atoms with Crippen LogP contribution in [0.5, 0.6) is 11.5 Å². The average Bonchev–Trinajstić information content (AvgIpc) is 2.59. The topological polar surface area (TPSA) is 88.1 Å². The first-order valence-corrected chi connectivity index (χ1v) is 8.70. The van der Waals surface area contributed by atoms with Crippen molar-refractivity contribution in [3.05, 3.63) is 23.8 Å². The summed E-state index contributed by atoms with van der Waals surface area (Å²) in [4.78, 5) is 24.5. The Kier molecular flexibility index (Phi) is 8.22. The van der Waals surface area contributed by atoms with E-state index in [-0.39, 0.29) is 18.6 Å². The number of nitrogens with zero attached hydrogens (tertiary/aromatic N) is 1. The monoisotopic (exact) mass is 366 g/mol. The number of hydrogen-bond acceptors (Lipinski definition) is 4. The van der Waals surface area contributed by atoms with Crippen LogP contribution in [-0.4, -0.2) is 49.3 Å². The van der Waals surface area contributed by atoms with Gasteiger partial charge < -0.3 is 24.8 Å². The van der Waals surface area contributed by atoms with Crippen molar-refractivity contribution in [1.82, 2.24) is 10.2 Å². The maximum atomic E-state index is 12.2. The molecule has 0 heterocycles. The average molecular weight is 366 g/mol. The van der Waals surface area contributed by atoms with Gasteiger partial charge in [-0.3, -0.25) is 4.79 Å². The van der Waals surface area contributed by atoms with Crippen molar-refractivity contribution in [2.24, 2.45) is 11.8 Å². The molecular formula is C19H30N2O5. The van der Waals surface area contributed by atoms with Gasteiger partial charge in [0.25, 0.3) is 0 Å². The van der Waals surface area contributed by atoms with Crippen LogP contribution in [0.1, 0.15) is 39.3 Å². The highest BCUT2D eigenvalue weighted by molar-refractivity contribution is 5.76. The SMILES string of the molecule is COc1cc(C(C)NC(=O)N(C)CC(C)C(=O)O)ccc1OCC(C)C. The summed E-state index contributed by atoms with van der Waals surface area (Å²) in [5.74, 6) is 0.118.